The highest BCUT2D eigenvalue weighted by molar-refractivity contribution is 9.10. The fourth-order valence-corrected chi connectivity index (χ4v) is 3.05. The van der Waals surface area contributed by atoms with Crippen LogP contribution in [0.1, 0.15) is 18.4 Å². The zero-order chi connectivity index (χ0) is 11.3. The fourth-order valence-electron chi connectivity index (χ4n) is 2.28. The number of halogens is 1. The molecule has 1 saturated carbocycles. The van der Waals surface area contributed by atoms with Crippen molar-refractivity contribution in [1.29, 1.82) is 0 Å². The summed E-state index contributed by atoms with van der Waals surface area (Å²) >= 11 is 3.59. The summed E-state index contributed by atoms with van der Waals surface area (Å²) in [5.41, 5.74) is 2.03. The maximum atomic E-state index is 10.0. The van der Waals surface area contributed by atoms with Gasteiger partial charge in [-0.2, -0.15) is 0 Å². The third-order valence-corrected chi connectivity index (χ3v) is 4.00. The summed E-state index contributed by atoms with van der Waals surface area (Å²) in [4.78, 5) is 0. The number of rotatable bonds is 2. The highest BCUT2D eigenvalue weighted by Crippen LogP contribution is 2.40. The van der Waals surface area contributed by atoms with Crippen molar-refractivity contribution >= 4 is 26.8 Å². The Morgan fingerprint density at radius 1 is 1.44 bits per heavy atom. The molecule has 0 radical (unpaired) electrons. The normalized spacial score (nSPS) is 17.9. The van der Waals surface area contributed by atoms with E-state index in [0.29, 0.717) is 0 Å². The molecule has 3 rings (SSSR count). The van der Waals surface area contributed by atoms with Gasteiger partial charge < -0.3 is 9.67 Å². The van der Waals surface area contributed by atoms with Crippen LogP contribution in [0.2, 0.25) is 0 Å². The molecule has 0 atom stereocenters. The Morgan fingerprint density at radius 2 is 2.19 bits per heavy atom. The van der Waals surface area contributed by atoms with E-state index < -0.39 is 5.60 Å². The van der Waals surface area contributed by atoms with E-state index in [4.69, 9.17) is 0 Å². The second-order valence-electron chi connectivity index (χ2n) is 4.80. The lowest BCUT2D eigenvalue weighted by Gasteiger charge is -2.09. The van der Waals surface area contributed by atoms with Crippen molar-refractivity contribution in [2.75, 3.05) is 0 Å². The summed E-state index contributed by atoms with van der Waals surface area (Å²) in [5.74, 6) is 0. The first-order valence-electron chi connectivity index (χ1n) is 5.54. The van der Waals surface area contributed by atoms with Crippen LogP contribution in [0.15, 0.2) is 28.9 Å². The average Bonchev–Trinajstić information content (AvgIpc) is 2.87. The van der Waals surface area contributed by atoms with Gasteiger partial charge in [-0.15, -0.1) is 0 Å². The highest BCUT2D eigenvalue weighted by atomic mass is 79.9. The van der Waals surface area contributed by atoms with E-state index in [9.17, 15) is 5.11 Å². The molecule has 2 aromatic rings. The maximum Gasteiger partial charge on any atom is 0.0690 e. The Morgan fingerprint density at radius 3 is 2.88 bits per heavy atom. The lowest BCUT2D eigenvalue weighted by Crippen LogP contribution is -2.10. The number of hydrogen-bond donors (Lipinski definition) is 1. The monoisotopic (exact) mass is 279 g/mol. The predicted molar refractivity (Wildman–Crippen MR) is 68.5 cm³/mol. The van der Waals surface area contributed by atoms with Crippen LogP contribution in [0, 0.1) is 0 Å². The molecule has 1 aliphatic rings. The standard InChI is InChI=1S/C13H14BrNO/c1-15-8-10(14)12-9(3-2-4-11(12)15)7-13(16)5-6-13/h2-4,8,16H,5-7H2,1H3. The van der Waals surface area contributed by atoms with E-state index in [1.54, 1.807) is 0 Å². The summed E-state index contributed by atoms with van der Waals surface area (Å²) in [7, 11) is 2.04. The molecule has 0 aliphatic heterocycles. The van der Waals surface area contributed by atoms with Crippen molar-refractivity contribution in [3.8, 4) is 0 Å². The van der Waals surface area contributed by atoms with Crippen molar-refractivity contribution < 1.29 is 5.11 Å². The molecule has 0 amide bonds. The fraction of sp³-hybridized carbons (Fsp3) is 0.385. The number of fused-ring (bicyclic) bond motifs is 1. The van der Waals surface area contributed by atoms with Gasteiger partial charge in [0.05, 0.1) is 5.60 Å². The molecular weight excluding hydrogens is 266 g/mol. The van der Waals surface area contributed by atoms with Crippen molar-refractivity contribution in [2.24, 2.45) is 7.05 Å². The Hall–Kier alpha value is -0.800. The Balaban J connectivity index is 2.16. The van der Waals surface area contributed by atoms with Crippen molar-refractivity contribution in [2.45, 2.75) is 24.9 Å². The van der Waals surface area contributed by atoms with E-state index in [1.165, 1.54) is 16.5 Å². The average molecular weight is 280 g/mol. The Labute approximate surface area is 103 Å². The molecule has 1 aliphatic carbocycles. The molecule has 1 aromatic heterocycles. The molecule has 0 spiro atoms. The number of hydrogen-bond acceptors (Lipinski definition) is 1. The van der Waals surface area contributed by atoms with Crippen molar-refractivity contribution in [1.82, 2.24) is 4.57 Å². The molecule has 3 heteroatoms. The van der Waals surface area contributed by atoms with Crippen LogP contribution in [0.25, 0.3) is 10.9 Å². The molecule has 1 heterocycles. The molecule has 1 fully saturated rings. The van der Waals surface area contributed by atoms with Crippen molar-refractivity contribution in [3.05, 3.63) is 34.4 Å². The minimum Gasteiger partial charge on any atom is -0.390 e. The van der Waals surface area contributed by atoms with Gasteiger partial charge in [0, 0.05) is 35.0 Å². The molecule has 16 heavy (non-hydrogen) atoms. The first-order chi connectivity index (χ1) is 7.59. The number of aryl methyl sites for hydroxylation is 1. The zero-order valence-corrected chi connectivity index (χ0v) is 10.8. The molecule has 2 nitrogen and oxygen atoms in total. The second kappa shape index (κ2) is 3.34. The Bertz CT molecular complexity index is 554. The SMILES string of the molecule is Cn1cc(Br)c2c(CC3(O)CC3)cccc21. The van der Waals surface area contributed by atoms with Crippen LogP contribution in [0.5, 0.6) is 0 Å². The molecule has 1 aromatic carbocycles. The lowest BCUT2D eigenvalue weighted by atomic mass is 10.0. The first kappa shape index (κ1) is 10.4. The lowest BCUT2D eigenvalue weighted by molar-refractivity contribution is 0.151. The quantitative estimate of drug-likeness (QED) is 0.898. The largest absolute Gasteiger partial charge is 0.390 e. The van der Waals surface area contributed by atoms with Crippen LogP contribution in [-0.4, -0.2) is 15.3 Å². The van der Waals surface area contributed by atoms with E-state index in [0.717, 1.165) is 23.7 Å². The van der Waals surface area contributed by atoms with Crippen LogP contribution in [0.3, 0.4) is 0 Å². The molecular formula is C13H14BrNO. The van der Waals surface area contributed by atoms with E-state index in [2.05, 4.69) is 44.9 Å². The number of aliphatic hydroxyl groups is 1. The second-order valence-corrected chi connectivity index (χ2v) is 5.65. The first-order valence-corrected chi connectivity index (χ1v) is 6.33. The molecule has 0 bridgehead atoms. The van der Waals surface area contributed by atoms with Gasteiger partial charge in [-0.3, -0.25) is 0 Å². The van der Waals surface area contributed by atoms with E-state index in [1.807, 2.05) is 7.05 Å². The Kier molecular flexibility index (Phi) is 2.17. The highest BCUT2D eigenvalue weighted by Gasteiger charge is 2.40. The third kappa shape index (κ3) is 1.59. The smallest absolute Gasteiger partial charge is 0.0690 e. The van der Waals surface area contributed by atoms with Crippen LogP contribution < -0.4 is 0 Å². The van der Waals surface area contributed by atoms with Gasteiger partial charge in [-0.25, -0.2) is 0 Å². The van der Waals surface area contributed by atoms with Gasteiger partial charge in [0.25, 0.3) is 0 Å². The summed E-state index contributed by atoms with van der Waals surface area (Å²) in [6.07, 6.45) is 4.72. The maximum absolute atomic E-state index is 10.0. The molecule has 0 saturated heterocycles. The van der Waals surface area contributed by atoms with Gasteiger partial charge in [-0.1, -0.05) is 12.1 Å². The predicted octanol–water partition coefficient (Wildman–Crippen LogP) is 3.01. The number of nitrogens with zero attached hydrogens (tertiary/aromatic N) is 1. The number of aromatic nitrogens is 1. The van der Waals surface area contributed by atoms with Gasteiger partial charge in [0.1, 0.15) is 0 Å². The summed E-state index contributed by atoms with van der Waals surface area (Å²) in [6.45, 7) is 0. The van der Waals surface area contributed by atoms with E-state index >= 15 is 0 Å². The number of benzene rings is 1. The topological polar surface area (TPSA) is 25.2 Å². The van der Waals surface area contributed by atoms with Gasteiger partial charge in [0.2, 0.25) is 0 Å². The van der Waals surface area contributed by atoms with Crippen LogP contribution >= 0.6 is 15.9 Å². The molecule has 84 valence electrons. The van der Waals surface area contributed by atoms with Gasteiger partial charge in [0.15, 0.2) is 0 Å². The molecule has 0 unspecified atom stereocenters. The molecule has 1 N–H and O–H groups in total. The summed E-state index contributed by atoms with van der Waals surface area (Å²) in [6, 6.07) is 6.29. The van der Waals surface area contributed by atoms with E-state index in [-0.39, 0.29) is 0 Å². The van der Waals surface area contributed by atoms with Crippen molar-refractivity contribution in [3.63, 3.8) is 0 Å². The van der Waals surface area contributed by atoms with Gasteiger partial charge >= 0.3 is 0 Å². The minimum atomic E-state index is -0.427. The van der Waals surface area contributed by atoms with Crippen LogP contribution in [-0.2, 0) is 13.5 Å². The summed E-state index contributed by atoms with van der Waals surface area (Å²) < 4.78 is 3.23. The third-order valence-electron chi connectivity index (χ3n) is 3.40. The van der Waals surface area contributed by atoms with Crippen LogP contribution in [0.4, 0.5) is 0 Å². The summed E-state index contributed by atoms with van der Waals surface area (Å²) in [5, 5.41) is 11.3. The zero-order valence-electron chi connectivity index (χ0n) is 9.20. The van der Waals surface area contributed by atoms with Gasteiger partial charge in [-0.05, 0) is 40.4 Å². The minimum absolute atomic E-state index is 0.427.